The summed E-state index contributed by atoms with van der Waals surface area (Å²) in [7, 11) is 2.14. The fourth-order valence-electron chi connectivity index (χ4n) is 2.48. The van der Waals surface area contributed by atoms with Crippen molar-refractivity contribution in [3.63, 3.8) is 0 Å². The summed E-state index contributed by atoms with van der Waals surface area (Å²) in [4.78, 5) is 17.2. The maximum atomic E-state index is 10.5. The molecule has 1 aliphatic rings. The van der Waals surface area contributed by atoms with Crippen molar-refractivity contribution in [2.45, 2.75) is 32.1 Å². The van der Waals surface area contributed by atoms with Gasteiger partial charge in [0.05, 0.1) is 12.1 Å². The van der Waals surface area contributed by atoms with Gasteiger partial charge in [-0.1, -0.05) is 0 Å². The van der Waals surface area contributed by atoms with E-state index in [1.54, 1.807) is 6.26 Å². The van der Waals surface area contributed by atoms with E-state index in [4.69, 9.17) is 9.52 Å². The number of likely N-dealkylation sites (tertiary alicyclic amines) is 1. The first kappa shape index (κ1) is 13.1. The van der Waals surface area contributed by atoms with Crippen molar-refractivity contribution in [3.8, 4) is 0 Å². The SMILES string of the molecule is CN1CCCC(Cc2nc(CCC(=O)O)co2)C1. The molecule has 100 valence electrons. The Hall–Kier alpha value is -1.36. The first-order valence-corrected chi connectivity index (χ1v) is 6.47. The van der Waals surface area contributed by atoms with Crippen molar-refractivity contribution < 1.29 is 14.3 Å². The van der Waals surface area contributed by atoms with Crippen molar-refractivity contribution in [1.82, 2.24) is 9.88 Å². The largest absolute Gasteiger partial charge is 0.481 e. The van der Waals surface area contributed by atoms with E-state index in [0.717, 1.165) is 24.6 Å². The van der Waals surface area contributed by atoms with Gasteiger partial charge in [-0.3, -0.25) is 4.79 Å². The lowest BCUT2D eigenvalue weighted by molar-refractivity contribution is -0.136. The van der Waals surface area contributed by atoms with E-state index >= 15 is 0 Å². The molecule has 0 aromatic carbocycles. The van der Waals surface area contributed by atoms with Crippen LogP contribution in [0.4, 0.5) is 0 Å². The molecule has 0 aliphatic carbocycles. The molecule has 1 aromatic rings. The van der Waals surface area contributed by atoms with Crippen LogP contribution in [0.15, 0.2) is 10.7 Å². The number of aromatic nitrogens is 1. The Morgan fingerprint density at radius 1 is 1.67 bits per heavy atom. The number of carboxylic acids is 1. The first-order chi connectivity index (χ1) is 8.63. The lowest BCUT2D eigenvalue weighted by Crippen LogP contribution is -2.33. The molecule has 5 nitrogen and oxygen atoms in total. The lowest BCUT2D eigenvalue weighted by atomic mass is 9.95. The summed E-state index contributed by atoms with van der Waals surface area (Å²) in [5, 5.41) is 8.61. The summed E-state index contributed by atoms with van der Waals surface area (Å²) >= 11 is 0. The molecule has 18 heavy (non-hydrogen) atoms. The number of oxazole rings is 1. The Labute approximate surface area is 107 Å². The Kier molecular flexibility index (Phi) is 4.36. The van der Waals surface area contributed by atoms with Gasteiger partial charge in [-0.15, -0.1) is 0 Å². The minimum absolute atomic E-state index is 0.109. The van der Waals surface area contributed by atoms with E-state index in [9.17, 15) is 4.79 Å². The number of carboxylic acid groups (broad SMARTS) is 1. The number of carbonyl (C=O) groups is 1. The molecule has 0 spiro atoms. The minimum Gasteiger partial charge on any atom is -0.481 e. The van der Waals surface area contributed by atoms with Crippen LogP contribution in [0.2, 0.25) is 0 Å². The zero-order valence-electron chi connectivity index (χ0n) is 10.8. The van der Waals surface area contributed by atoms with Crippen LogP contribution in [0.1, 0.15) is 30.8 Å². The number of aliphatic carboxylic acids is 1. The maximum absolute atomic E-state index is 10.5. The number of nitrogens with zero attached hydrogens (tertiary/aromatic N) is 2. The predicted molar refractivity (Wildman–Crippen MR) is 66.4 cm³/mol. The van der Waals surface area contributed by atoms with E-state index in [2.05, 4.69) is 16.9 Å². The van der Waals surface area contributed by atoms with Crippen LogP contribution in [0.3, 0.4) is 0 Å². The average Bonchev–Trinajstić information content (AvgIpc) is 2.74. The van der Waals surface area contributed by atoms with Crippen LogP contribution in [0, 0.1) is 5.92 Å². The Bertz CT molecular complexity index is 403. The van der Waals surface area contributed by atoms with Crippen LogP contribution < -0.4 is 0 Å². The van der Waals surface area contributed by atoms with Gasteiger partial charge in [0.25, 0.3) is 0 Å². The number of piperidine rings is 1. The van der Waals surface area contributed by atoms with Crippen LogP contribution in [-0.2, 0) is 17.6 Å². The number of hydrogen-bond acceptors (Lipinski definition) is 4. The molecule has 1 saturated heterocycles. The molecule has 2 rings (SSSR count). The Morgan fingerprint density at radius 2 is 2.50 bits per heavy atom. The molecule has 0 radical (unpaired) electrons. The van der Waals surface area contributed by atoms with Crippen molar-refractivity contribution >= 4 is 5.97 Å². The van der Waals surface area contributed by atoms with Crippen molar-refractivity contribution in [2.75, 3.05) is 20.1 Å². The lowest BCUT2D eigenvalue weighted by Gasteiger charge is -2.28. The van der Waals surface area contributed by atoms with Gasteiger partial charge in [0.15, 0.2) is 5.89 Å². The fourth-order valence-corrected chi connectivity index (χ4v) is 2.48. The van der Waals surface area contributed by atoms with Gasteiger partial charge in [-0.2, -0.15) is 0 Å². The summed E-state index contributed by atoms with van der Waals surface area (Å²) in [6.45, 7) is 2.26. The molecule has 1 fully saturated rings. The van der Waals surface area contributed by atoms with Gasteiger partial charge in [-0.25, -0.2) is 4.98 Å². The van der Waals surface area contributed by atoms with Crippen molar-refractivity contribution in [2.24, 2.45) is 5.92 Å². The molecule has 1 N–H and O–H groups in total. The second kappa shape index (κ2) is 6.00. The van der Waals surface area contributed by atoms with Crippen LogP contribution in [0.5, 0.6) is 0 Å². The maximum Gasteiger partial charge on any atom is 0.303 e. The van der Waals surface area contributed by atoms with Gasteiger partial charge < -0.3 is 14.4 Å². The molecule has 0 bridgehead atoms. The molecular weight excluding hydrogens is 232 g/mol. The van der Waals surface area contributed by atoms with Gasteiger partial charge in [-0.05, 0) is 32.4 Å². The van der Waals surface area contributed by atoms with Crippen molar-refractivity contribution in [1.29, 1.82) is 0 Å². The predicted octanol–water partition coefficient (Wildman–Crippen LogP) is 1.58. The standard InChI is InChI=1S/C13H20N2O3/c1-15-6-2-3-10(8-15)7-12-14-11(9-18-12)4-5-13(16)17/h9-10H,2-8H2,1H3,(H,16,17). The molecular formula is C13H20N2O3. The number of hydrogen-bond donors (Lipinski definition) is 1. The van der Waals surface area contributed by atoms with Gasteiger partial charge in [0, 0.05) is 19.4 Å². The summed E-state index contributed by atoms with van der Waals surface area (Å²) in [6.07, 6.45) is 5.45. The monoisotopic (exact) mass is 252 g/mol. The van der Waals surface area contributed by atoms with Crippen molar-refractivity contribution in [3.05, 3.63) is 17.8 Å². The molecule has 1 atom stereocenters. The summed E-state index contributed by atoms with van der Waals surface area (Å²) in [5.74, 6) is 0.555. The molecule has 1 aliphatic heterocycles. The van der Waals surface area contributed by atoms with Gasteiger partial charge in [0.2, 0.25) is 0 Å². The van der Waals surface area contributed by atoms with Gasteiger partial charge >= 0.3 is 5.97 Å². The summed E-state index contributed by atoms with van der Waals surface area (Å²) < 4.78 is 5.41. The fraction of sp³-hybridized carbons (Fsp3) is 0.692. The molecule has 1 aromatic heterocycles. The molecule has 5 heteroatoms. The Morgan fingerprint density at radius 3 is 3.22 bits per heavy atom. The van der Waals surface area contributed by atoms with E-state index in [1.807, 2.05) is 0 Å². The number of aryl methyl sites for hydroxylation is 1. The van der Waals surface area contributed by atoms with E-state index in [0.29, 0.717) is 12.3 Å². The Balaban J connectivity index is 1.84. The van der Waals surface area contributed by atoms with Crippen LogP contribution in [-0.4, -0.2) is 41.1 Å². The average molecular weight is 252 g/mol. The third kappa shape index (κ3) is 3.84. The van der Waals surface area contributed by atoms with E-state index < -0.39 is 5.97 Å². The molecule has 2 heterocycles. The summed E-state index contributed by atoms with van der Waals surface area (Å²) in [6, 6.07) is 0. The highest BCUT2D eigenvalue weighted by atomic mass is 16.4. The van der Waals surface area contributed by atoms with Crippen LogP contribution in [0.25, 0.3) is 0 Å². The molecule has 0 amide bonds. The molecule has 1 unspecified atom stereocenters. The zero-order valence-corrected chi connectivity index (χ0v) is 10.8. The highest BCUT2D eigenvalue weighted by Crippen LogP contribution is 2.19. The second-order valence-electron chi connectivity index (χ2n) is 5.10. The van der Waals surface area contributed by atoms with E-state index in [1.165, 1.54) is 19.4 Å². The van der Waals surface area contributed by atoms with Crippen LogP contribution >= 0.6 is 0 Å². The minimum atomic E-state index is -0.798. The quantitative estimate of drug-likeness (QED) is 0.861. The second-order valence-corrected chi connectivity index (χ2v) is 5.10. The third-order valence-electron chi connectivity index (χ3n) is 3.38. The highest BCUT2D eigenvalue weighted by molar-refractivity contribution is 5.66. The molecule has 0 saturated carbocycles. The zero-order chi connectivity index (χ0) is 13.0. The highest BCUT2D eigenvalue weighted by Gasteiger charge is 2.19. The van der Waals surface area contributed by atoms with E-state index in [-0.39, 0.29) is 6.42 Å². The smallest absolute Gasteiger partial charge is 0.303 e. The summed E-state index contributed by atoms with van der Waals surface area (Å²) in [5.41, 5.74) is 0.747. The third-order valence-corrected chi connectivity index (χ3v) is 3.38. The normalized spacial score (nSPS) is 21.1. The number of rotatable bonds is 5. The van der Waals surface area contributed by atoms with Gasteiger partial charge in [0.1, 0.15) is 6.26 Å². The first-order valence-electron chi connectivity index (χ1n) is 6.47. The topological polar surface area (TPSA) is 66.6 Å².